The zero-order valence-electron chi connectivity index (χ0n) is 20.0. The quantitative estimate of drug-likeness (QED) is 0.317. The van der Waals surface area contributed by atoms with Gasteiger partial charge in [-0.3, -0.25) is 14.0 Å². The van der Waals surface area contributed by atoms with Gasteiger partial charge in [-0.1, -0.05) is 25.5 Å². The number of rotatable bonds is 11. The molecule has 0 N–H and O–H groups in total. The molecule has 2 aromatic heterocycles. The maximum atomic E-state index is 13.0. The van der Waals surface area contributed by atoms with Gasteiger partial charge in [-0.25, -0.2) is 4.98 Å². The number of carboxylic acids is 1. The summed E-state index contributed by atoms with van der Waals surface area (Å²) in [5.41, 5.74) is 2.69. The first-order valence-corrected chi connectivity index (χ1v) is 10.8. The molecule has 0 amide bonds. The minimum absolute atomic E-state index is 0. The van der Waals surface area contributed by atoms with E-state index in [0.29, 0.717) is 35.8 Å². The van der Waals surface area contributed by atoms with Crippen molar-refractivity contribution in [3.63, 3.8) is 0 Å². The van der Waals surface area contributed by atoms with Gasteiger partial charge in [-0.05, 0) is 38.0 Å². The van der Waals surface area contributed by atoms with Crippen molar-refractivity contribution in [1.29, 1.82) is 0 Å². The Bertz CT molecular complexity index is 1140. The van der Waals surface area contributed by atoms with E-state index in [9.17, 15) is 14.7 Å². The molecule has 2 heterocycles. The summed E-state index contributed by atoms with van der Waals surface area (Å²) in [5, 5.41) is 15.6. The maximum absolute atomic E-state index is 13.0. The van der Waals surface area contributed by atoms with Gasteiger partial charge in [0.15, 0.2) is 5.52 Å². The molecule has 0 radical (unpaired) electrons. The standard InChI is InChI=1S/C23H30N4O5.Li/c1-5-7-18-20-21(26(4)25-18)22(28)27(15(3)24-20)12-13-32-17-10-8-16(9-11-17)14-19(23(29)30)31-6-2;/h8-11,19H,5-7,12-14H2,1-4H3,(H,29,30);/q;+1/p-1/t19-;/m0./s1. The predicted octanol–water partition coefficient (Wildman–Crippen LogP) is -1.83. The van der Waals surface area contributed by atoms with Crippen molar-refractivity contribution in [3.05, 3.63) is 51.7 Å². The van der Waals surface area contributed by atoms with Gasteiger partial charge < -0.3 is 19.4 Å². The molecule has 0 bridgehead atoms. The number of carboxylic acid groups (broad SMARTS) is 1. The zero-order valence-corrected chi connectivity index (χ0v) is 20.0. The largest absolute Gasteiger partial charge is 1.00 e. The van der Waals surface area contributed by atoms with Crippen molar-refractivity contribution in [2.24, 2.45) is 7.05 Å². The van der Waals surface area contributed by atoms with Gasteiger partial charge in [-0.2, -0.15) is 5.10 Å². The molecule has 0 saturated heterocycles. The molecule has 0 saturated carbocycles. The number of benzene rings is 1. The van der Waals surface area contributed by atoms with Crippen LogP contribution in [0.4, 0.5) is 0 Å². The van der Waals surface area contributed by atoms with Crippen LogP contribution in [0.1, 0.15) is 37.4 Å². The number of aromatic nitrogens is 4. The molecular weight excluding hydrogens is 419 g/mol. The molecule has 33 heavy (non-hydrogen) atoms. The topological polar surface area (TPSA) is 111 Å². The van der Waals surface area contributed by atoms with Crippen LogP contribution < -0.4 is 34.3 Å². The van der Waals surface area contributed by atoms with Crippen LogP contribution in [0.3, 0.4) is 0 Å². The fourth-order valence-corrected chi connectivity index (χ4v) is 3.69. The second-order valence-corrected chi connectivity index (χ2v) is 7.59. The molecule has 1 aromatic carbocycles. The number of aryl methyl sites for hydroxylation is 3. The fourth-order valence-electron chi connectivity index (χ4n) is 3.69. The van der Waals surface area contributed by atoms with Crippen molar-refractivity contribution in [1.82, 2.24) is 19.3 Å². The summed E-state index contributed by atoms with van der Waals surface area (Å²) in [4.78, 5) is 28.8. The number of hydrogen-bond donors (Lipinski definition) is 0. The number of fused-ring (bicyclic) bond motifs is 1. The molecule has 3 aromatic rings. The van der Waals surface area contributed by atoms with Gasteiger partial charge in [0.25, 0.3) is 5.56 Å². The molecule has 1 atom stereocenters. The Kier molecular flexibility index (Phi) is 9.71. The van der Waals surface area contributed by atoms with E-state index in [1.54, 1.807) is 47.5 Å². The molecule has 0 aliphatic rings. The maximum Gasteiger partial charge on any atom is 1.00 e. The molecule has 10 heteroatoms. The minimum atomic E-state index is -1.23. The average molecular weight is 448 g/mol. The first-order valence-electron chi connectivity index (χ1n) is 10.8. The van der Waals surface area contributed by atoms with Gasteiger partial charge in [0.2, 0.25) is 0 Å². The Balaban J connectivity index is 0.00000385. The molecular formula is C23H29LiN4O5. The molecule has 0 spiro atoms. The van der Waals surface area contributed by atoms with Crippen LogP contribution in [-0.2, 0) is 36.0 Å². The van der Waals surface area contributed by atoms with Crippen LogP contribution in [0.15, 0.2) is 29.1 Å². The van der Waals surface area contributed by atoms with Crippen LogP contribution >= 0.6 is 0 Å². The molecule has 0 aliphatic heterocycles. The van der Waals surface area contributed by atoms with E-state index in [0.717, 1.165) is 24.1 Å². The van der Waals surface area contributed by atoms with E-state index in [4.69, 9.17) is 9.47 Å². The summed E-state index contributed by atoms with van der Waals surface area (Å²) in [6.07, 6.45) is 0.957. The third-order valence-corrected chi connectivity index (χ3v) is 5.25. The fraction of sp³-hybridized carbons (Fsp3) is 0.478. The van der Waals surface area contributed by atoms with E-state index in [-0.39, 0.29) is 37.4 Å². The summed E-state index contributed by atoms with van der Waals surface area (Å²) in [6, 6.07) is 7.12. The smallest absolute Gasteiger partial charge is 0.547 e. The first-order chi connectivity index (χ1) is 15.3. The van der Waals surface area contributed by atoms with Gasteiger partial charge in [0.1, 0.15) is 29.8 Å². The van der Waals surface area contributed by atoms with Gasteiger partial charge >= 0.3 is 18.9 Å². The number of ether oxygens (including phenoxy) is 2. The van der Waals surface area contributed by atoms with E-state index in [1.807, 2.05) is 6.92 Å². The Morgan fingerprint density at radius 2 is 1.91 bits per heavy atom. The summed E-state index contributed by atoms with van der Waals surface area (Å²) in [7, 11) is 1.76. The Morgan fingerprint density at radius 3 is 2.52 bits per heavy atom. The van der Waals surface area contributed by atoms with Crippen molar-refractivity contribution in [3.8, 4) is 5.75 Å². The number of aliphatic carboxylic acids is 1. The van der Waals surface area contributed by atoms with E-state index >= 15 is 0 Å². The predicted molar refractivity (Wildman–Crippen MR) is 118 cm³/mol. The van der Waals surface area contributed by atoms with E-state index in [2.05, 4.69) is 17.0 Å². The number of carbonyl (C=O) groups is 1. The molecule has 9 nitrogen and oxygen atoms in total. The molecule has 172 valence electrons. The van der Waals surface area contributed by atoms with Crippen molar-refractivity contribution < 1.29 is 38.2 Å². The normalized spacial score (nSPS) is 11.9. The van der Waals surface area contributed by atoms with Crippen LogP contribution in [0.5, 0.6) is 5.75 Å². The second-order valence-electron chi connectivity index (χ2n) is 7.59. The number of hydrogen-bond acceptors (Lipinski definition) is 7. The third kappa shape index (κ3) is 6.25. The summed E-state index contributed by atoms with van der Waals surface area (Å²) >= 11 is 0. The van der Waals surface area contributed by atoms with Crippen LogP contribution in [-0.4, -0.2) is 44.6 Å². The SMILES string of the molecule is CCCc1nn(C)c2c(=O)n(CCOc3ccc(C[C@H](OCC)C(=O)[O-])cc3)c(C)nc12.[Li+]. The minimum Gasteiger partial charge on any atom is -0.547 e. The summed E-state index contributed by atoms with van der Waals surface area (Å²) in [5.74, 6) is 0.0190. The van der Waals surface area contributed by atoms with Crippen molar-refractivity contribution in [2.75, 3.05) is 13.2 Å². The van der Waals surface area contributed by atoms with Gasteiger partial charge in [0, 0.05) is 20.1 Å². The van der Waals surface area contributed by atoms with Crippen molar-refractivity contribution in [2.45, 2.75) is 52.7 Å². The van der Waals surface area contributed by atoms with Crippen LogP contribution in [0.2, 0.25) is 0 Å². The number of nitrogens with zero attached hydrogens (tertiary/aromatic N) is 4. The molecule has 0 fully saturated rings. The van der Waals surface area contributed by atoms with Gasteiger partial charge in [-0.15, -0.1) is 0 Å². The Labute approximate surface area is 204 Å². The zero-order chi connectivity index (χ0) is 23.3. The second kappa shape index (κ2) is 12.0. The Morgan fingerprint density at radius 1 is 1.21 bits per heavy atom. The molecule has 0 unspecified atom stereocenters. The van der Waals surface area contributed by atoms with E-state index < -0.39 is 12.1 Å². The third-order valence-electron chi connectivity index (χ3n) is 5.25. The van der Waals surface area contributed by atoms with Crippen molar-refractivity contribution >= 4 is 17.0 Å². The Hall–Kier alpha value is -2.60. The monoisotopic (exact) mass is 448 g/mol. The number of carbonyl (C=O) groups excluding carboxylic acids is 1. The molecule has 0 aliphatic carbocycles. The van der Waals surface area contributed by atoms with E-state index in [1.165, 1.54) is 0 Å². The summed E-state index contributed by atoms with van der Waals surface area (Å²) < 4.78 is 14.2. The molecule has 3 rings (SSSR count). The first kappa shape index (κ1) is 26.6. The average Bonchev–Trinajstić information content (AvgIpc) is 3.06. The van der Waals surface area contributed by atoms with Crippen LogP contribution in [0, 0.1) is 6.92 Å². The summed E-state index contributed by atoms with van der Waals surface area (Å²) in [6.45, 7) is 6.56. The van der Waals surface area contributed by atoms with Crippen LogP contribution in [0.25, 0.3) is 11.0 Å². The van der Waals surface area contributed by atoms with Gasteiger partial charge in [0.05, 0.1) is 18.2 Å².